The van der Waals surface area contributed by atoms with Crippen molar-refractivity contribution in [3.63, 3.8) is 0 Å². The molecule has 2 aromatic rings. The third-order valence-corrected chi connectivity index (χ3v) is 6.28. The molecule has 0 atom stereocenters. The summed E-state index contributed by atoms with van der Waals surface area (Å²) >= 11 is 0. The van der Waals surface area contributed by atoms with Gasteiger partial charge >= 0.3 is 6.36 Å². The summed E-state index contributed by atoms with van der Waals surface area (Å²) in [7, 11) is -3.92. The van der Waals surface area contributed by atoms with Crippen molar-refractivity contribution >= 4 is 21.6 Å². The number of hydroxylamine groups is 1. The van der Waals surface area contributed by atoms with Crippen LogP contribution >= 0.6 is 0 Å². The lowest BCUT2D eigenvalue weighted by Crippen LogP contribution is -2.37. The zero-order chi connectivity index (χ0) is 24.1. The predicted octanol–water partition coefficient (Wildman–Crippen LogP) is 3.16. The number of sulfonamides is 1. The van der Waals surface area contributed by atoms with E-state index in [1.54, 1.807) is 6.08 Å². The van der Waals surface area contributed by atoms with Crippen molar-refractivity contribution in [3.8, 4) is 5.75 Å². The number of rotatable bonds is 8. The van der Waals surface area contributed by atoms with Crippen LogP contribution in [0.1, 0.15) is 6.42 Å². The Labute approximate surface area is 186 Å². The maximum absolute atomic E-state index is 12.9. The summed E-state index contributed by atoms with van der Waals surface area (Å²) in [4.78, 5) is 16.8. The molecular weight excluding hydrogens is 470 g/mol. The molecule has 2 N–H and O–H groups in total. The van der Waals surface area contributed by atoms with E-state index in [2.05, 4.69) is 15.5 Å². The highest BCUT2D eigenvalue weighted by atomic mass is 32.2. The summed E-state index contributed by atoms with van der Waals surface area (Å²) in [6.07, 6.45) is -3.06. The van der Waals surface area contributed by atoms with Crippen LogP contribution < -0.4 is 15.5 Å². The van der Waals surface area contributed by atoms with Crippen molar-refractivity contribution in [2.45, 2.75) is 17.7 Å². The number of nitrogens with one attached hydrogen (secondary N) is 2. The van der Waals surface area contributed by atoms with Crippen LogP contribution in [0.2, 0.25) is 0 Å². The van der Waals surface area contributed by atoms with E-state index in [-0.39, 0.29) is 31.0 Å². The molecule has 0 bridgehead atoms. The number of alkyl halides is 3. The van der Waals surface area contributed by atoms with Gasteiger partial charge in [-0.3, -0.25) is 15.1 Å². The lowest BCUT2D eigenvalue weighted by Gasteiger charge is -2.26. The van der Waals surface area contributed by atoms with E-state index in [0.717, 1.165) is 28.6 Å². The molecule has 1 aliphatic heterocycles. The summed E-state index contributed by atoms with van der Waals surface area (Å²) in [5, 5.41) is 2.52. The number of hydrogen-bond acceptors (Lipinski definition) is 6. The largest absolute Gasteiger partial charge is 0.573 e. The van der Waals surface area contributed by atoms with Gasteiger partial charge in [0.15, 0.2) is 6.61 Å². The monoisotopic (exact) mass is 489 g/mol. The highest BCUT2D eigenvalue weighted by Crippen LogP contribution is 2.26. The molecule has 8 nitrogen and oxygen atoms in total. The normalized spacial score (nSPS) is 15.0. The lowest BCUT2D eigenvalue weighted by atomic mass is 10.2. The van der Waals surface area contributed by atoms with Gasteiger partial charge in [-0.15, -0.1) is 13.2 Å². The highest BCUT2D eigenvalue weighted by molar-refractivity contribution is 7.89. The Balaban J connectivity index is 1.48. The van der Waals surface area contributed by atoms with Gasteiger partial charge in [-0.2, -0.15) is 4.31 Å². The van der Waals surface area contributed by atoms with Crippen molar-refractivity contribution in [3.05, 3.63) is 66.1 Å². The number of nitrogens with zero attached hydrogens (tertiary/aromatic N) is 1. The first-order valence-corrected chi connectivity index (χ1v) is 11.0. The molecule has 1 aliphatic rings. The van der Waals surface area contributed by atoms with Crippen molar-refractivity contribution in [2.75, 3.05) is 25.0 Å². The van der Waals surface area contributed by atoms with Gasteiger partial charge in [-0.25, -0.2) is 12.8 Å². The molecule has 0 saturated carbocycles. The average molecular weight is 489 g/mol. The molecule has 2 aromatic carbocycles. The zero-order valence-corrected chi connectivity index (χ0v) is 17.7. The molecular formula is C20H19F4N3O5S. The topological polar surface area (TPSA) is 97.0 Å². The van der Waals surface area contributed by atoms with Crippen LogP contribution in [0.4, 0.5) is 23.2 Å². The molecule has 0 fully saturated rings. The summed E-state index contributed by atoms with van der Waals surface area (Å²) < 4.78 is 79.9. The second-order valence-corrected chi connectivity index (χ2v) is 8.75. The first-order valence-electron chi connectivity index (χ1n) is 9.51. The quantitative estimate of drug-likeness (QED) is 0.437. The fraction of sp³-hybridized carbons (Fsp3) is 0.250. The zero-order valence-electron chi connectivity index (χ0n) is 16.9. The van der Waals surface area contributed by atoms with E-state index in [1.807, 2.05) is 0 Å². The number of carbonyl (C=O) groups is 1. The third kappa shape index (κ3) is 7.17. The first-order chi connectivity index (χ1) is 15.5. The fourth-order valence-corrected chi connectivity index (χ4v) is 4.23. The number of halogens is 4. The maximum atomic E-state index is 12.9. The molecule has 0 aromatic heterocycles. The molecule has 0 unspecified atom stereocenters. The first kappa shape index (κ1) is 24.5. The smallest absolute Gasteiger partial charge is 0.406 e. The SMILES string of the molecule is O=C(CONC1=CCN(S(=O)(=O)c2ccc(OC(F)(F)F)cc2)CC1)Nc1ccc(F)cc1. The van der Waals surface area contributed by atoms with Gasteiger partial charge in [0.2, 0.25) is 10.0 Å². The number of carbonyl (C=O) groups excluding carboxylic acids is 1. The van der Waals surface area contributed by atoms with E-state index >= 15 is 0 Å². The molecule has 13 heteroatoms. The minimum absolute atomic E-state index is 0.00337. The molecule has 33 heavy (non-hydrogen) atoms. The minimum atomic E-state index is -4.87. The Hall–Kier alpha value is -3.16. The fourth-order valence-electron chi connectivity index (χ4n) is 2.85. The number of anilines is 1. The summed E-state index contributed by atoms with van der Waals surface area (Å²) in [6, 6.07) is 9.13. The van der Waals surface area contributed by atoms with Crippen LogP contribution in [0.5, 0.6) is 5.75 Å². The Bertz CT molecular complexity index is 1100. The van der Waals surface area contributed by atoms with Crippen LogP contribution in [-0.2, 0) is 19.7 Å². The third-order valence-electron chi connectivity index (χ3n) is 4.40. The standard InChI is InChI=1S/C20H19F4N3O5S/c21-14-1-3-15(4-2-14)25-19(28)13-31-26-16-9-11-27(12-10-16)33(29,30)18-7-5-17(6-8-18)32-20(22,23)24/h1-9,26H,10-13H2,(H,25,28). The van der Waals surface area contributed by atoms with Gasteiger partial charge in [0, 0.05) is 30.9 Å². The second-order valence-electron chi connectivity index (χ2n) is 6.81. The van der Waals surface area contributed by atoms with E-state index in [4.69, 9.17) is 4.84 Å². The Morgan fingerprint density at radius 1 is 1.06 bits per heavy atom. The molecule has 178 valence electrons. The van der Waals surface area contributed by atoms with Gasteiger partial charge in [0.1, 0.15) is 11.6 Å². The molecule has 0 saturated heterocycles. The van der Waals surface area contributed by atoms with Gasteiger partial charge in [0.25, 0.3) is 5.91 Å². The molecule has 1 heterocycles. The lowest BCUT2D eigenvalue weighted by molar-refractivity contribution is -0.274. The summed E-state index contributed by atoms with van der Waals surface area (Å²) in [5.74, 6) is -1.43. The Morgan fingerprint density at radius 2 is 1.73 bits per heavy atom. The van der Waals surface area contributed by atoms with Crippen molar-refractivity contribution in [1.82, 2.24) is 9.79 Å². The molecule has 0 radical (unpaired) electrons. The van der Waals surface area contributed by atoms with E-state index < -0.39 is 33.9 Å². The van der Waals surface area contributed by atoms with Crippen molar-refractivity contribution in [2.24, 2.45) is 0 Å². The Kier molecular flexibility index (Phi) is 7.56. The summed E-state index contributed by atoms with van der Waals surface area (Å²) in [6.45, 7) is -0.257. The van der Waals surface area contributed by atoms with Gasteiger partial charge in [-0.1, -0.05) is 0 Å². The van der Waals surface area contributed by atoms with Crippen LogP contribution in [0.3, 0.4) is 0 Å². The highest BCUT2D eigenvalue weighted by Gasteiger charge is 2.31. The van der Waals surface area contributed by atoms with E-state index in [0.29, 0.717) is 11.4 Å². The van der Waals surface area contributed by atoms with E-state index in [1.165, 1.54) is 24.3 Å². The number of benzene rings is 2. The predicted molar refractivity (Wildman–Crippen MR) is 109 cm³/mol. The molecule has 3 rings (SSSR count). The number of hydrogen-bond donors (Lipinski definition) is 2. The average Bonchev–Trinajstić information content (AvgIpc) is 2.75. The van der Waals surface area contributed by atoms with Crippen LogP contribution in [-0.4, -0.2) is 44.7 Å². The number of amides is 1. The van der Waals surface area contributed by atoms with Crippen LogP contribution in [0, 0.1) is 5.82 Å². The minimum Gasteiger partial charge on any atom is -0.406 e. The van der Waals surface area contributed by atoms with Crippen LogP contribution in [0.15, 0.2) is 65.2 Å². The number of ether oxygens (including phenoxy) is 1. The van der Waals surface area contributed by atoms with Crippen molar-refractivity contribution in [1.29, 1.82) is 0 Å². The summed E-state index contributed by atoms with van der Waals surface area (Å²) in [5.41, 5.74) is 3.55. The Morgan fingerprint density at radius 3 is 2.30 bits per heavy atom. The molecule has 0 spiro atoms. The van der Waals surface area contributed by atoms with Gasteiger partial charge < -0.3 is 10.1 Å². The second kappa shape index (κ2) is 10.2. The molecule has 1 amide bonds. The van der Waals surface area contributed by atoms with Crippen LogP contribution in [0.25, 0.3) is 0 Å². The van der Waals surface area contributed by atoms with Gasteiger partial charge in [0.05, 0.1) is 4.90 Å². The molecule has 0 aliphatic carbocycles. The maximum Gasteiger partial charge on any atom is 0.573 e. The van der Waals surface area contributed by atoms with Gasteiger partial charge in [-0.05, 0) is 54.6 Å². The van der Waals surface area contributed by atoms with E-state index in [9.17, 15) is 30.8 Å². The van der Waals surface area contributed by atoms with Crippen molar-refractivity contribution < 1.29 is 40.3 Å².